The largest absolute Gasteiger partial charge is 0.496 e. The molecule has 2 N–H and O–H groups in total. The molecule has 0 fully saturated rings. The first kappa shape index (κ1) is 12.6. The van der Waals surface area contributed by atoms with E-state index in [1.165, 1.54) is 5.56 Å². The minimum absolute atomic E-state index is 0.125. The Balaban J connectivity index is 2.31. The molecule has 0 saturated heterocycles. The summed E-state index contributed by atoms with van der Waals surface area (Å²) in [5.74, 6) is 1.69. The van der Waals surface area contributed by atoms with Crippen LogP contribution in [-0.2, 0) is 12.8 Å². The fraction of sp³-hybridized carbons (Fsp3) is 0.357. The number of nitrogens with zero attached hydrogens (tertiary/aromatic N) is 1. The van der Waals surface area contributed by atoms with Crippen molar-refractivity contribution in [2.75, 3.05) is 13.7 Å². The Morgan fingerprint density at radius 2 is 2.22 bits per heavy atom. The lowest BCUT2D eigenvalue weighted by Gasteiger charge is -2.08. The second-order valence-electron chi connectivity index (χ2n) is 4.11. The number of methoxy groups -OCH3 is 1. The molecule has 1 aromatic heterocycles. The van der Waals surface area contributed by atoms with E-state index in [0.29, 0.717) is 6.42 Å². The van der Waals surface area contributed by atoms with Gasteiger partial charge in [-0.1, -0.05) is 19.1 Å². The van der Waals surface area contributed by atoms with Crippen LogP contribution in [-0.4, -0.2) is 28.8 Å². The zero-order chi connectivity index (χ0) is 13.0. The van der Waals surface area contributed by atoms with Gasteiger partial charge in [0.25, 0.3) is 0 Å². The number of aromatic nitrogens is 2. The van der Waals surface area contributed by atoms with Gasteiger partial charge in [-0.15, -0.1) is 0 Å². The molecule has 1 aromatic carbocycles. The summed E-state index contributed by atoms with van der Waals surface area (Å²) >= 11 is 0. The summed E-state index contributed by atoms with van der Waals surface area (Å²) in [6, 6.07) is 6.08. The highest BCUT2D eigenvalue weighted by Crippen LogP contribution is 2.26. The summed E-state index contributed by atoms with van der Waals surface area (Å²) in [4.78, 5) is 7.51. The first-order valence-corrected chi connectivity index (χ1v) is 6.10. The number of hydrogen-bond acceptors (Lipinski definition) is 3. The highest BCUT2D eigenvalue weighted by atomic mass is 16.5. The number of aromatic amines is 1. The van der Waals surface area contributed by atoms with Crippen molar-refractivity contribution in [1.82, 2.24) is 9.97 Å². The number of aryl methyl sites for hydroxylation is 1. The Morgan fingerprint density at radius 3 is 2.89 bits per heavy atom. The van der Waals surface area contributed by atoms with Gasteiger partial charge in [0.05, 0.1) is 7.11 Å². The summed E-state index contributed by atoms with van der Waals surface area (Å²) in [7, 11) is 1.68. The van der Waals surface area contributed by atoms with Gasteiger partial charge in [0.15, 0.2) is 0 Å². The van der Waals surface area contributed by atoms with Gasteiger partial charge in [0.1, 0.15) is 11.6 Å². The Kier molecular flexibility index (Phi) is 3.99. The molecule has 0 aliphatic rings. The monoisotopic (exact) mass is 246 g/mol. The summed E-state index contributed by atoms with van der Waals surface area (Å²) in [5, 5.41) is 8.88. The van der Waals surface area contributed by atoms with Gasteiger partial charge in [-0.25, -0.2) is 4.98 Å². The Morgan fingerprint density at radius 1 is 1.39 bits per heavy atom. The van der Waals surface area contributed by atoms with E-state index >= 15 is 0 Å². The summed E-state index contributed by atoms with van der Waals surface area (Å²) in [6.07, 6.45) is 3.29. The van der Waals surface area contributed by atoms with Crippen LogP contribution in [0.15, 0.2) is 24.4 Å². The number of imidazole rings is 1. The van der Waals surface area contributed by atoms with E-state index in [1.807, 2.05) is 12.1 Å². The van der Waals surface area contributed by atoms with Gasteiger partial charge >= 0.3 is 0 Å². The number of nitrogens with one attached hydrogen (secondary N) is 1. The number of hydrogen-bond donors (Lipinski definition) is 2. The molecule has 18 heavy (non-hydrogen) atoms. The van der Waals surface area contributed by atoms with Crippen LogP contribution < -0.4 is 4.74 Å². The second kappa shape index (κ2) is 5.69. The number of ether oxygens (including phenoxy) is 1. The van der Waals surface area contributed by atoms with Crippen LogP contribution in [0.1, 0.15) is 18.2 Å². The molecule has 0 bridgehead atoms. The summed E-state index contributed by atoms with van der Waals surface area (Å²) in [6.45, 7) is 2.23. The zero-order valence-electron chi connectivity index (χ0n) is 10.7. The SMILES string of the molecule is CCc1ccc(-c2ncc(CCO)[nH]2)cc1OC. The van der Waals surface area contributed by atoms with Crippen molar-refractivity contribution in [1.29, 1.82) is 0 Å². The Hall–Kier alpha value is -1.81. The minimum atomic E-state index is 0.125. The molecule has 0 amide bonds. The van der Waals surface area contributed by atoms with E-state index < -0.39 is 0 Å². The number of benzene rings is 1. The molecule has 4 heteroatoms. The van der Waals surface area contributed by atoms with Crippen LogP contribution in [0, 0.1) is 0 Å². The zero-order valence-corrected chi connectivity index (χ0v) is 10.7. The van der Waals surface area contributed by atoms with E-state index in [2.05, 4.69) is 23.0 Å². The van der Waals surface area contributed by atoms with Gasteiger partial charge in [-0.05, 0) is 18.1 Å². The number of rotatable bonds is 5. The van der Waals surface area contributed by atoms with Gasteiger partial charge in [-0.3, -0.25) is 0 Å². The fourth-order valence-corrected chi connectivity index (χ4v) is 1.94. The minimum Gasteiger partial charge on any atom is -0.496 e. The van der Waals surface area contributed by atoms with Crippen molar-refractivity contribution in [3.63, 3.8) is 0 Å². The van der Waals surface area contributed by atoms with Crippen LogP contribution >= 0.6 is 0 Å². The molecule has 96 valence electrons. The average molecular weight is 246 g/mol. The smallest absolute Gasteiger partial charge is 0.137 e. The van der Waals surface area contributed by atoms with Crippen molar-refractivity contribution >= 4 is 0 Å². The van der Waals surface area contributed by atoms with Gasteiger partial charge in [-0.2, -0.15) is 0 Å². The third-order valence-electron chi connectivity index (χ3n) is 2.95. The molecule has 0 aliphatic carbocycles. The van der Waals surface area contributed by atoms with Gasteiger partial charge in [0.2, 0.25) is 0 Å². The normalized spacial score (nSPS) is 10.6. The van der Waals surface area contributed by atoms with E-state index in [0.717, 1.165) is 29.3 Å². The first-order chi connectivity index (χ1) is 8.78. The molecular formula is C14H18N2O2. The lowest BCUT2D eigenvalue weighted by atomic mass is 10.1. The molecule has 4 nitrogen and oxygen atoms in total. The maximum absolute atomic E-state index is 8.88. The van der Waals surface area contributed by atoms with Crippen LogP contribution in [0.3, 0.4) is 0 Å². The van der Waals surface area contributed by atoms with Crippen LogP contribution in [0.4, 0.5) is 0 Å². The fourth-order valence-electron chi connectivity index (χ4n) is 1.94. The molecule has 2 rings (SSSR count). The molecular weight excluding hydrogens is 228 g/mol. The van der Waals surface area contributed by atoms with Crippen LogP contribution in [0.25, 0.3) is 11.4 Å². The standard InChI is InChI=1S/C14H18N2O2/c1-3-10-4-5-11(8-13(10)18-2)14-15-9-12(16-14)6-7-17/h4-5,8-9,17H,3,6-7H2,1-2H3,(H,15,16). The van der Waals surface area contributed by atoms with Crippen molar-refractivity contribution in [2.45, 2.75) is 19.8 Å². The predicted octanol–water partition coefficient (Wildman–Crippen LogP) is 2.18. The predicted molar refractivity (Wildman–Crippen MR) is 70.7 cm³/mol. The van der Waals surface area contributed by atoms with Crippen molar-refractivity contribution in [3.05, 3.63) is 35.7 Å². The van der Waals surface area contributed by atoms with E-state index in [9.17, 15) is 0 Å². The van der Waals surface area contributed by atoms with Gasteiger partial charge in [0, 0.05) is 30.5 Å². The van der Waals surface area contributed by atoms with E-state index in [4.69, 9.17) is 9.84 Å². The van der Waals surface area contributed by atoms with E-state index in [-0.39, 0.29) is 6.61 Å². The van der Waals surface area contributed by atoms with Crippen molar-refractivity contribution in [2.24, 2.45) is 0 Å². The summed E-state index contributed by atoms with van der Waals surface area (Å²) in [5.41, 5.74) is 3.11. The summed E-state index contributed by atoms with van der Waals surface area (Å²) < 4.78 is 5.37. The van der Waals surface area contributed by atoms with Gasteiger partial charge < -0.3 is 14.8 Å². The maximum Gasteiger partial charge on any atom is 0.137 e. The van der Waals surface area contributed by atoms with Crippen molar-refractivity contribution < 1.29 is 9.84 Å². The number of H-pyrrole nitrogens is 1. The third-order valence-corrected chi connectivity index (χ3v) is 2.95. The topological polar surface area (TPSA) is 58.1 Å². The highest BCUT2D eigenvalue weighted by Gasteiger charge is 2.07. The molecule has 0 unspecified atom stereocenters. The van der Waals surface area contributed by atoms with E-state index in [1.54, 1.807) is 13.3 Å². The van der Waals surface area contributed by atoms with Crippen molar-refractivity contribution in [3.8, 4) is 17.1 Å². The van der Waals surface area contributed by atoms with Crippen LogP contribution in [0.2, 0.25) is 0 Å². The molecule has 0 spiro atoms. The average Bonchev–Trinajstić information content (AvgIpc) is 2.87. The first-order valence-electron chi connectivity index (χ1n) is 6.10. The molecule has 0 radical (unpaired) electrons. The number of aliphatic hydroxyl groups is 1. The quantitative estimate of drug-likeness (QED) is 0.850. The Bertz CT molecular complexity index is 520. The highest BCUT2D eigenvalue weighted by molar-refractivity contribution is 5.59. The molecule has 1 heterocycles. The molecule has 0 atom stereocenters. The molecule has 0 saturated carbocycles. The lowest BCUT2D eigenvalue weighted by Crippen LogP contribution is -1.92. The lowest BCUT2D eigenvalue weighted by molar-refractivity contribution is 0.298. The Labute approximate surface area is 107 Å². The molecule has 2 aromatic rings. The van der Waals surface area contributed by atoms with Crippen LogP contribution in [0.5, 0.6) is 5.75 Å². The molecule has 0 aliphatic heterocycles. The second-order valence-corrected chi connectivity index (χ2v) is 4.11. The third kappa shape index (κ3) is 2.54. The number of aliphatic hydroxyl groups excluding tert-OH is 1. The maximum atomic E-state index is 8.88.